The summed E-state index contributed by atoms with van der Waals surface area (Å²) < 4.78 is 75.7. The van der Waals surface area contributed by atoms with Crippen molar-refractivity contribution in [1.82, 2.24) is 0 Å². The molecule has 0 heterocycles. The van der Waals surface area contributed by atoms with E-state index in [0.29, 0.717) is 38.5 Å². The molecule has 0 spiro atoms. The van der Waals surface area contributed by atoms with Crippen LogP contribution in [0.4, 0.5) is 0 Å². The molecule has 13 heteroatoms. The number of rotatable bonds is 17. The summed E-state index contributed by atoms with van der Waals surface area (Å²) in [4.78, 5) is 24.3. The summed E-state index contributed by atoms with van der Waals surface area (Å²) in [6.45, 7) is 7.25. The van der Waals surface area contributed by atoms with Crippen LogP contribution in [-0.2, 0) is 39.3 Å². The molecule has 0 aliphatic heterocycles. The van der Waals surface area contributed by atoms with Crippen LogP contribution in [0.15, 0.2) is 0 Å². The average molecular weight is 527 g/mol. The molecule has 0 saturated heterocycles. The fourth-order valence-electron chi connectivity index (χ4n) is 3.38. The fourth-order valence-corrected chi connectivity index (χ4v) is 5.47. The van der Waals surface area contributed by atoms with Crippen molar-refractivity contribution >= 4 is 61.7 Å². The summed E-state index contributed by atoms with van der Waals surface area (Å²) in [7, 11) is -9.35. The van der Waals surface area contributed by atoms with Crippen molar-refractivity contribution in [1.29, 1.82) is 0 Å². The Morgan fingerprint density at radius 2 is 1.00 bits per heavy atom. The van der Waals surface area contributed by atoms with Gasteiger partial charge in [0.2, 0.25) is 10.9 Å². The summed E-state index contributed by atoms with van der Waals surface area (Å²) in [5, 5.41) is 0. The second kappa shape index (κ2) is 17.2. The van der Waals surface area contributed by atoms with E-state index in [2.05, 4.69) is 0 Å². The predicted octanol–water partition coefficient (Wildman–Crippen LogP) is 3.07. The van der Waals surface area contributed by atoms with E-state index in [0.717, 1.165) is 12.8 Å². The monoisotopic (exact) mass is 526 g/mol. The zero-order chi connectivity index (χ0) is 24.9. The van der Waals surface area contributed by atoms with Gasteiger partial charge < -0.3 is 9.47 Å². The van der Waals surface area contributed by atoms with Gasteiger partial charge in [-0.15, -0.1) is 0 Å². The maximum absolute atomic E-state index is 12.1. The summed E-state index contributed by atoms with van der Waals surface area (Å²) >= 11 is 0. The van der Waals surface area contributed by atoms with Crippen molar-refractivity contribution < 1.29 is 45.0 Å². The molecule has 0 aliphatic rings. The molecule has 0 aromatic heterocycles. The van der Waals surface area contributed by atoms with Gasteiger partial charge in [0.15, 0.2) is 0 Å². The molecular weight excluding hydrogens is 487 g/mol. The van der Waals surface area contributed by atoms with Crippen LogP contribution in [0.2, 0.25) is 0 Å². The molecule has 0 aliphatic carbocycles. The molecule has 4 unspecified atom stereocenters. The van der Waals surface area contributed by atoms with Crippen molar-refractivity contribution in [3.63, 3.8) is 0 Å². The molecule has 33 heavy (non-hydrogen) atoms. The summed E-state index contributed by atoms with van der Waals surface area (Å²) in [5.41, 5.74) is -3.49. The Morgan fingerprint density at radius 3 is 1.21 bits per heavy atom. The minimum absolute atomic E-state index is 0. The Kier molecular flexibility index (Phi) is 18.2. The van der Waals surface area contributed by atoms with Crippen molar-refractivity contribution in [3.05, 3.63) is 0 Å². The van der Waals surface area contributed by atoms with Crippen LogP contribution in [0.3, 0.4) is 0 Å². The number of hydrogen-bond donors (Lipinski definition) is 2. The second-order valence-electron chi connectivity index (χ2n) is 7.87. The minimum atomic E-state index is -4.67. The summed E-state index contributed by atoms with van der Waals surface area (Å²) in [5.74, 6) is -3.29. The number of ether oxygens (including phenoxy) is 2. The molecule has 10 nitrogen and oxygen atoms in total. The molecule has 0 aromatic carbocycles. The fraction of sp³-hybridized carbons (Fsp3) is 0.900. The Hall–Kier alpha value is -0.240. The third-order valence-corrected chi connectivity index (χ3v) is 7.43. The first kappa shape index (κ1) is 34.9. The van der Waals surface area contributed by atoms with Gasteiger partial charge in [-0.25, -0.2) is 0 Å². The van der Waals surface area contributed by atoms with Crippen LogP contribution < -0.4 is 0 Å². The van der Waals surface area contributed by atoms with Crippen molar-refractivity contribution in [3.8, 4) is 0 Å². The van der Waals surface area contributed by atoms with Gasteiger partial charge in [0.1, 0.15) is 0 Å². The first-order chi connectivity index (χ1) is 14.8. The third kappa shape index (κ3) is 14.0. The molecule has 2 N–H and O–H groups in total. The van der Waals surface area contributed by atoms with Crippen molar-refractivity contribution in [2.24, 2.45) is 11.8 Å². The molecule has 0 rings (SSSR count). The standard InChI is InChI=1S/C20H38O10S2.Na.H/c1-5-9-11-15(7-3)19(31(23,24)25)29-17(21)13-14-18(22)30-20(32(26,27)28)16(8-4)12-10-6-2;;/h15-16,19-20H,5-14H2,1-4H3,(H,23,24,25)(H,26,27,28);;. The van der Waals surface area contributed by atoms with Gasteiger partial charge >= 0.3 is 61.7 Å². The number of unbranched alkanes of at least 4 members (excludes halogenated alkanes) is 2. The van der Waals surface area contributed by atoms with E-state index >= 15 is 0 Å². The van der Waals surface area contributed by atoms with Crippen molar-refractivity contribution in [2.75, 3.05) is 0 Å². The van der Waals surface area contributed by atoms with E-state index in [9.17, 15) is 35.5 Å². The van der Waals surface area contributed by atoms with Gasteiger partial charge in [-0.3, -0.25) is 18.7 Å². The topological polar surface area (TPSA) is 161 Å². The quantitative estimate of drug-likeness (QED) is 0.164. The first-order valence-corrected chi connectivity index (χ1v) is 14.1. The Balaban J connectivity index is 0. The molecule has 0 saturated carbocycles. The molecule has 0 amide bonds. The van der Waals surface area contributed by atoms with Crippen molar-refractivity contribution in [2.45, 2.75) is 103 Å². The van der Waals surface area contributed by atoms with Crippen LogP contribution in [0.1, 0.15) is 91.9 Å². The molecular formula is C20H39NaO10S2. The van der Waals surface area contributed by atoms with E-state index in [4.69, 9.17) is 9.47 Å². The van der Waals surface area contributed by atoms with Gasteiger partial charge in [0.05, 0.1) is 12.8 Å². The average Bonchev–Trinajstić information content (AvgIpc) is 2.69. The SMILES string of the molecule is CCCCC(CC)C(OC(=O)CCC(=O)OC(C(CC)CCCC)S(=O)(=O)O)S(=O)(=O)O.[NaH]. The molecule has 0 fully saturated rings. The Morgan fingerprint density at radius 1 is 0.697 bits per heavy atom. The Bertz CT molecular complexity index is 717. The normalized spacial score (nSPS) is 15.6. The van der Waals surface area contributed by atoms with Crippen LogP contribution >= 0.6 is 0 Å². The summed E-state index contributed by atoms with van der Waals surface area (Å²) in [6.07, 6.45) is 3.37. The van der Waals surface area contributed by atoms with E-state index in [1.807, 2.05) is 13.8 Å². The molecule has 0 radical (unpaired) electrons. The number of hydrogen-bond acceptors (Lipinski definition) is 8. The number of carbonyl (C=O) groups is 2. The van der Waals surface area contributed by atoms with Crippen LogP contribution in [0, 0.1) is 11.8 Å². The van der Waals surface area contributed by atoms with E-state index in [-0.39, 0.29) is 29.6 Å². The van der Waals surface area contributed by atoms with Crippen LogP contribution in [-0.4, -0.2) is 78.3 Å². The van der Waals surface area contributed by atoms with Crippen LogP contribution in [0.5, 0.6) is 0 Å². The van der Waals surface area contributed by atoms with Gasteiger partial charge in [0.25, 0.3) is 0 Å². The summed E-state index contributed by atoms with van der Waals surface area (Å²) in [6, 6.07) is 0. The second-order valence-corrected chi connectivity index (χ2v) is 10.9. The predicted molar refractivity (Wildman–Crippen MR) is 126 cm³/mol. The van der Waals surface area contributed by atoms with E-state index in [1.54, 1.807) is 13.8 Å². The first-order valence-electron chi connectivity index (χ1n) is 11.1. The number of esters is 2. The van der Waals surface area contributed by atoms with E-state index in [1.165, 1.54) is 0 Å². The van der Waals surface area contributed by atoms with Gasteiger partial charge in [-0.2, -0.15) is 16.8 Å². The van der Waals surface area contributed by atoms with Crippen LogP contribution in [0.25, 0.3) is 0 Å². The molecule has 0 bridgehead atoms. The molecule has 192 valence electrons. The zero-order valence-electron chi connectivity index (χ0n) is 19.4. The third-order valence-electron chi connectivity index (χ3n) is 5.29. The van der Waals surface area contributed by atoms with E-state index < -0.39 is 67.7 Å². The molecule has 4 atom stereocenters. The number of carbonyl (C=O) groups excluding carboxylic acids is 2. The van der Waals surface area contributed by atoms with Gasteiger partial charge in [-0.1, -0.05) is 53.4 Å². The Labute approximate surface area is 220 Å². The van der Waals surface area contributed by atoms with Gasteiger partial charge in [0, 0.05) is 11.8 Å². The maximum atomic E-state index is 12.1. The molecule has 0 aromatic rings. The van der Waals surface area contributed by atoms with Gasteiger partial charge in [-0.05, 0) is 25.7 Å². The zero-order valence-corrected chi connectivity index (χ0v) is 21.0.